The maximum Gasteiger partial charge on any atom is 0.325 e. The van der Waals surface area contributed by atoms with Crippen molar-refractivity contribution in [3.63, 3.8) is 0 Å². The molecule has 20 heavy (non-hydrogen) atoms. The van der Waals surface area contributed by atoms with Gasteiger partial charge in [0.25, 0.3) is 5.91 Å². The lowest BCUT2D eigenvalue weighted by atomic mass is 10.2. The number of nitrogens with zero attached hydrogens (tertiary/aromatic N) is 3. The Labute approximate surface area is 113 Å². The Kier molecular flexibility index (Phi) is 3.74. The minimum atomic E-state index is -1.11. The van der Waals surface area contributed by atoms with Crippen molar-refractivity contribution in [2.75, 3.05) is 5.32 Å². The Morgan fingerprint density at radius 3 is 2.85 bits per heavy atom. The summed E-state index contributed by atoms with van der Waals surface area (Å²) in [4.78, 5) is 22.3. The number of amides is 1. The number of hydrogen-bond acceptors (Lipinski definition) is 4. The van der Waals surface area contributed by atoms with Crippen LogP contribution in [0.4, 0.5) is 10.1 Å². The number of benzene rings is 1. The number of aliphatic carboxylic acids is 1. The summed E-state index contributed by atoms with van der Waals surface area (Å²) in [6.07, 6.45) is 1.18. The van der Waals surface area contributed by atoms with E-state index in [1.54, 1.807) is 13.0 Å². The first-order chi connectivity index (χ1) is 9.45. The van der Waals surface area contributed by atoms with E-state index >= 15 is 0 Å². The second kappa shape index (κ2) is 5.47. The van der Waals surface area contributed by atoms with E-state index in [-0.39, 0.29) is 11.4 Å². The van der Waals surface area contributed by atoms with Crippen molar-refractivity contribution in [1.29, 1.82) is 0 Å². The summed E-state index contributed by atoms with van der Waals surface area (Å²) >= 11 is 0. The van der Waals surface area contributed by atoms with Gasteiger partial charge in [-0.2, -0.15) is 0 Å². The summed E-state index contributed by atoms with van der Waals surface area (Å²) in [7, 11) is 0. The molecule has 0 atom stereocenters. The number of rotatable bonds is 4. The molecule has 2 N–H and O–H groups in total. The van der Waals surface area contributed by atoms with Crippen LogP contribution in [0.5, 0.6) is 0 Å². The molecule has 0 radical (unpaired) electrons. The van der Waals surface area contributed by atoms with Gasteiger partial charge in [0.05, 0.1) is 11.9 Å². The smallest absolute Gasteiger partial charge is 0.325 e. The van der Waals surface area contributed by atoms with Crippen LogP contribution in [0.2, 0.25) is 0 Å². The van der Waals surface area contributed by atoms with Crippen LogP contribution in [0.25, 0.3) is 0 Å². The van der Waals surface area contributed by atoms with Gasteiger partial charge in [-0.15, -0.1) is 5.10 Å². The van der Waals surface area contributed by atoms with Crippen molar-refractivity contribution in [3.8, 4) is 0 Å². The number of aryl methyl sites for hydroxylation is 1. The van der Waals surface area contributed by atoms with E-state index in [4.69, 9.17) is 5.11 Å². The maximum atomic E-state index is 13.6. The molecule has 7 nitrogen and oxygen atoms in total. The van der Waals surface area contributed by atoms with E-state index in [1.165, 1.54) is 18.3 Å². The van der Waals surface area contributed by atoms with Crippen LogP contribution in [0.15, 0.2) is 24.4 Å². The molecule has 0 aliphatic heterocycles. The molecule has 2 rings (SSSR count). The zero-order valence-electron chi connectivity index (χ0n) is 10.5. The lowest BCUT2D eigenvalue weighted by Gasteiger charge is -2.04. The fraction of sp³-hybridized carbons (Fsp3) is 0.167. The predicted octanol–water partition coefficient (Wildman–Crippen LogP) is 1.06. The summed E-state index contributed by atoms with van der Waals surface area (Å²) in [6.45, 7) is 1.32. The number of aromatic nitrogens is 3. The minimum absolute atomic E-state index is 0.0217. The van der Waals surface area contributed by atoms with Gasteiger partial charge >= 0.3 is 5.97 Å². The Bertz CT molecular complexity index is 668. The summed E-state index contributed by atoms with van der Waals surface area (Å²) in [5.74, 6) is -2.33. The molecule has 1 aromatic heterocycles. The fourth-order valence-electron chi connectivity index (χ4n) is 1.53. The first-order valence-electron chi connectivity index (χ1n) is 5.65. The van der Waals surface area contributed by atoms with Crippen molar-refractivity contribution in [3.05, 3.63) is 41.5 Å². The van der Waals surface area contributed by atoms with E-state index in [0.717, 1.165) is 10.2 Å². The lowest BCUT2D eigenvalue weighted by Crippen LogP contribution is -2.13. The number of hydrogen-bond donors (Lipinski definition) is 2. The van der Waals surface area contributed by atoms with Crippen LogP contribution >= 0.6 is 0 Å². The Morgan fingerprint density at radius 1 is 1.45 bits per heavy atom. The minimum Gasteiger partial charge on any atom is -0.480 e. The fourth-order valence-corrected chi connectivity index (χ4v) is 1.53. The average molecular weight is 278 g/mol. The molecule has 0 saturated carbocycles. The van der Waals surface area contributed by atoms with Gasteiger partial charge in [0.1, 0.15) is 12.4 Å². The topological polar surface area (TPSA) is 97.1 Å². The number of anilines is 1. The maximum absolute atomic E-state index is 13.6. The van der Waals surface area contributed by atoms with E-state index in [9.17, 15) is 14.0 Å². The quantitative estimate of drug-likeness (QED) is 0.871. The van der Waals surface area contributed by atoms with Gasteiger partial charge in [-0.1, -0.05) is 11.3 Å². The van der Waals surface area contributed by atoms with Gasteiger partial charge in [0.15, 0.2) is 5.69 Å². The van der Waals surface area contributed by atoms with Gasteiger partial charge in [0.2, 0.25) is 0 Å². The van der Waals surface area contributed by atoms with Gasteiger partial charge in [-0.25, -0.2) is 9.07 Å². The zero-order chi connectivity index (χ0) is 14.7. The molecule has 0 aliphatic carbocycles. The Hall–Kier alpha value is -2.77. The van der Waals surface area contributed by atoms with Crippen LogP contribution in [0, 0.1) is 12.7 Å². The van der Waals surface area contributed by atoms with Crippen molar-refractivity contribution < 1.29 is 19.1 Å². The highest BCUT2D eigenvalue weighted by atomic mass is 19.1. The molecule has 0 unspecified atom stereocenters. The molecule has 0 fully saturated rings. The van der Waals surface area contributed by atoms with Crippen LogP contribution in [-0.2, 0) is 11.3 Å². The molecular formula is C12H11FN4O3. The van der Waals surface area contributed by atoms with Gasteiger partial charge in [0, 0.05) is 0 Å². The standard InChI is InChI=1S/C12H11FN4O3/c1-7-2-3-9(8(13)4-7)14-12(20)10-5-17(16-15-10)6-11(18)19/h2-5H,6H2,1H3,(H,14,20)(H,18,19). The van der Waals surface area contributed by atoms with Crippen LogP contribution in [-0.4, -0.2) is 32.0 Å². The molecule has 1 heterocycles. The van der Waals surface area contributed by atoms with Crippen LogP contribution < -0.4 is 5.32 Å². The third-order valence-electron chi connectivity index (χ3n) is 2.44. The molecule has 1 amide bonds. The highest BCUT2D eigenvalue weighted by molar-refractivity contribution is 6.02. The Morgan fingerprint density at radius 2 is 2.20 bits per heavy atom. The molecule has 0 spiro atoms. The largest absolute Gasteiger partial charge is 0.480 e. The second-order valence-electron chi connectivity index (χ2n) is 4.13. The third-order valence-corrected chi connectivity index (χ3v) is 2.44. The highest BCUT2D eigenvalue weighted by Gasteiger charge is 2.14. The number of carboxylic acid groups (broad SMARTS) is 1. The molecule has 0 aliphatic rings. The summed E-state index contributed by atoms with van der Waals surface area (Å²) in [5.41, 5.74) is 0.660. The van der Waals surface area contributed by atoms with E-state index in [2.05, 4.69) is 15.6 Å². The predicted molar refractivity (Wildman–Crippen MR) is 66.7 cm³/mol. The Balaban J connectivity index is 2.11. The number of carbonyl (C=O) groups is 2. The van der Waals surface area contributed by atoms with Crippen LogP contribution in [0.3, 0.4) is 0 Å². The average Bonchev–Trinajstić information content (AvgIpc) is 2.80. The van der Waals surface area contributed by atoms with Crippen molar-refractivity contribution >= 4 is 17.6 Å². The first-order valence-corrected chi connectivity index (χ1v) is 5.65. The number of halogens is 1. The van der Waals surface area contributed by atoms with Gasteiger partial charge in [-0.3, -0.25) is 9.59 Å². The van der Waals surface area contributed by atoms with E-state index < -0.39 is 24.2 Å². The number of nitrogens with one attached hydrogen (secondary N) is 1. The number of carbonyl (C=O) groups excluding carboxylic acids is 1. The highest BCUT2D eigenvalue weighted by Crippen LogP contribution is 2.15. The van der Waals surface area contributed by atoms with Gasteiger partial charge < -0.3 is 10.4 Å². The lowest BCUT2D eigenvalue weighted by molar-refractivity contribution is -0.137. The molecule has 104 valence electrons. The van der Waals surface area contributed by atoms with E-state index in [1.807, 2.05) is 0 Å². The second-order valence-corrected chi connectivity index (χ2v) is 4.13. The SMILES string of the molecule is Cc1ccc(NC(=O)c2cn(CC(=O)O)nn2)c(F)c1. The third kappa shape index (κ3) is 3.16. The summed E-state index contributed by atoms with van der Waals surface area (Å²) in [5, 5.41) is 17.9. The molecule has 0 bridgehead atoms. The summed E-state index contributed by atoms with van der Waals surface area (Å²) in [6, 6.07) is 4.38. The van der Waals surface area contributed by atoms with E-state index in [0.29, 0.717) is 0 Å². The zero-order valence-corrected chi connectivity index (χ0v) is 10.5. The molecule has 0 saturated heterocycles. The molecule has 2 aromatic rings. The van der Waals surface area contributed by atoms with Crippen molar-refractivity contribution in [1.82, 2.24) is 15.0 Å². The number of carboxylic acids is 1. The van der Waals surface area contributed by atoms with Crippen molar-refractivity contribution in [2.24, 2.45) is 0 Å². The molecule has 8 heteroatoms. The first kappa shape index (κ1) is 13.7. The summed E-state index contributed by atoms with van der Waals surface area (Å²) < 4.78 is 14.6. The normalized spacial score (nSPS) is 10.3. The van der Waals surface area contributed by atoms with Crippen LogP contribution in [0.1, 0.15) is 16.1 Å². The van der Waals surface area contributed by atoms with Gasteiger partial charge in [-0.05, 0) is 24.6 Å². The van der Waals surface area contributed by atoms with Crippen molar-refractivity contribution in [2.45, 2.75) is 13.5 Å². The molecular weight excluding hydrogens is 267 g/mol. The molecule has 1 aromatic carbocycles. The monoisotopic (exact) mass is 278 g/mol.